The molecule has 0 heterocycles. The van der Waals surface area contributed by atoms with Gasteiger partial charge < -0.3 is 15.3 Å². The monoisotopic (exact) mass is 240 g/mol. The molecule has 0 saturated heterocycles. The molecule has 0 spiro atoms. The number of rotatable bonds is 7. The summed E-state index contributed by atoms with van der Waals surface area (Å²) in [6.45, 7) is 4.95. The highest BCUT2D eigenvalue weighted by Gasteiger charge is 2.13. The Kier molecular flexibility index (Phi) is 7.61. The number of terminal acetylenes is 1. The fourth-order valence-corrected chi connectivity index (χ4v) is 1.38. The second kappa shape index (κ2) is 8.45. The van der Waals surface area contributed by atoms with Crippen molar-refractivity contribution >= 4 is 12.0 Å². The van der Waals surface area contributed by atoms with E-state index in [4.69, 9.17) is 11.5 Å². The minimum atomic E-state index is -0.860. The maximum Gasteiger partial charge on any atom is 0.318 e. The first-order chi connectivity index (χ1) is 8.01. The Morgan fingerprint density at radius 1 is 1.53 bits per heavy atom. The first-order valence-electron chi connectivity index (χ1n) is 5.69. The third kappa shape index (κ3) is 7.23. The van der Waals surface area contributed by atoms with Gasteiger partial charge in [-0.1, -0.05) is 19.8 Å². The second-order valence-corrected chi connectivity index (χ2v) is 4.01. The molecule has 0 fully saturated rings. The number of amides is 2. The van der Waals surface area contributed by atoms with E-state index in [-0.39, 0.29) is 24.9 Å². The topological polar surface area (TPSA) is 69.6 Å². The van der Waals surface area contributed by atoms with Crippen LogP contribution in [-0.2, 0) is 4.79 Å². The molecule has 96 valence electrons. The van der Waals surface area contributed by atoms with Crippen molar-refractivity contribution in [1.29, 1.82) is 0 Å². The predicted molar refractivity (Wildman–Crippen MR) is 65.5 cm³/mol. The van der Waals surface area contributed by atoms with Crippen LogP contribution < -0.4 is 5.32 Å². The van der Waals surface area contributed by atoms with Crippen LogP contribution in [0.15, 0.2) is 0 Å². The summed E-state index contributed by atoms with van der Waals surface area (Å²) >= 11 is 0. The van der Waals surface area contributed by atoms with E-state index in [1.165, 1.54) is 4.90 Å². The van der Waals surface area contributed by atoms with Gasteiger partial charge in [-0.15, -0.1) is 6.42 Å². The molecule has 0 aromatic rings. The van der Waals surface area contributed by atoms with Crippen LogP contribution in [-0.4, -0.2) is 41.6 Å². The molecular weight excluding hydrogens is 220 g/mol. The van der Waals surface area contributed by atoms with Gasteiger partial charge in [0.05, 0.1) is 6.54 Å². The quantitative estimate of drug-likeness (QED) is 0.656. The summed E-state index contributed by atoms with van der Waals surface area (Å²) in [5.41, 5.74) is 0. The van der Waals surface area contributed by atoms with Crippen LogP contribution in [0.2, 0.25) is 0 Å². The van der Waals surface area contributed by atoms with E-state index in [1.807, 2.05) is 6.92 Å². The molecule has 5 nitrogen and oxygen atoms in total. The lowest BCUT2D eigenvalue weighted by atomic mass is 10.1. The number of aliphatic carboxylic acids is 1. The zero-order valence-electron chi connectivity index (χ0n) is 10.4. The van der Waals surface area contributed by atoms with Crippen molar-refractivity contribution < 1.29 is 14.7 Å². The van der Waals surface area contributed by atoms with Gasteiger partial charge in [0.25, 0.3) is 0 Å². The molecule has 0 rings (SSSR count). The lowest BCUT2D eigenvalue weighted by Crippen LogP contribution is -2.42. The number of hydrogen-bond donors (Lipinski definition) is 2. The molecule has 0 bridgehead atoms. The van der Waals surface area contributed by atoms with Crippen molar-refractivity contribution in [3.63, 3.8) is 0 Å². The summed E-state index contributed by atoms with van der Waals surface area (Å²) in [7, 11) is 0. The summed E-state index contributed by atoms with van der Waals surface area (Å²) < 4.78 is 0. The second-order valence-electron chi connectivity index (χ2n) is 4.01. The lowest BCUT2D eigenvalue weighted by Gasteiger charge is -2.21. The van der Waals surface area contributed by atoms with Crippen molar-refractivity contribution in [1.82, 2.24) is 10.2 Å². The standard InChI is InChI=1S/C12H20N2O3/c1-4-6-14(7-5-2)12(17)13-9-10(3)8-11(15)16/h1,10H,5-9H2,2-3H3,(H,13,17)(H,15,16). The average Bonchev–Trinajstić information content (AvgIpc) is 2.24. The van der Waals surface area contributed by atoms with E-state index in [0.29, 0.717) is 13.1 Å². The Labute approximate surface area is 102 Å². The van der Waals surface area contributed by atoms with Crippen LogP contribution in [0.1, 0.15) is 26.7 Å². The molecule has 2 N–H and O–H groups in total. The largest absolute Gasteiger partial charge is 0.481 e. The van der Waals surface area contributed by atoms with Gasteiger partial charge in [0.2, 0.25) is 0 Å². The fraction of sp³-hybridized carbons (Fsp3) is 0.667. The van der Waals surface area contributed by atoms with Gasteiger partial charge in [0, 0.05) is 19.5 Å². The SMILES string of the molecule is C#CCN(CCC)C(=O)NCC(C)CC(=O)O. The van der Waals surface area contributed by atoms with Crippen LogP contribution >= 0.6 is 0 Å². The number of carboxylic acids is 1. The minimum absolute atomic E-state index is 0.0448. The zero-order chi connectivity index (χ0) is 13.3. The van der Waals surface area contributed by atoms with E-state index in [1.54, 1.807) is 6.92 Å². The van der Waals surface area contributed by atoms with Crippen molar-refractivity contribution in [2.75, 3.05) is 19.6 Å². The number of hydrogen-bond acceptors (Lipinski definition) is 2. The van der Waals surface area contributed by atoms with Gasteiger partial charge >= 0.3 is 12.0 Å². The van der Waals surface area contributed by atoms with Crippen LogP contribution in [0.4, 0.5) is 4.79 Å². The molecule has 0 saturated carbocycles. The van der Waals surface area contributed by atoms with Gasteiger partial charge in [-0.2, -0.15) is 0 Å². The first kappa shape index (κ1) is 15.3. The molecule has 0 aromatic heterocycles. The molecule has 0 aliphatic carbocycles. The number of carbonyl (C=O) groups is 2. The summed E-state index contributed by atoms with van der Waals surface area (Å²) in [6.07, 6.45) is 6.05. The van der Waals surface area contributed by atoms with E-state index < -0.39 is 5.97 Å². The normalized spacial score (nSPS) is 11.4. The maximum atomic E-state index is 11.7. The van der Waals surface area contributed by atoms with E-state index in [2.05, 4.69) is 11.2 Å². The van der Waals surface area contributed by atoms with Crippen LogP contribution in [0.3, 0.4) is 0 Å². The van der Waals surface area contributed by atoms with Gasteiger partial charge in [-0.05, 0) is 12.3 Å². The van der Waals surface area contributed by atoms with Crippen molar-refractivity contribution in [3.05, 3.63) is 0 Å². The summed E-state index contributed by atoms with van der Waals surface area (Å²) in [6, 6.07) is -0.234. The third-order valence-corrected chi connectivity index (χ3v) is 2.19. The number of nitrogens with zero attached hydrogens (tertiary/aromatic N) is 1. The van der Waals surface area contributed by atoms with Gasteiger partial charge in [0.1, 0.15) is 0 Å². The fourth-order valence-electron chi connectivity index (χ4n) is 1.38. The van der Waals surface area contributed by atoms with Gasteiger partial charge in [-0.3, -0.25) is 4.79 Å². The van der Waals surface area contributed by atoms with Gasteiger partial charge in [-0.25, -0.2) is 4.79 Å². The highest BCUT2D eigenvalue weighted by molar-refractivity contribution is 5.74. The smallest absolute Gasteiger partial charge is 0.318 e. The van der Waals surface area contributed by atoms with Gasteiger partial charge in [0.15, 0.2) is 0 Å². The third-order valence-electron chi connectivity index (χ3n) is 2.19. The number of carboxylic acid groups (broad SMARTS) is 1. The highest BCUT2D eigenvalue weighted by Crippen LogP contribution is 2.00. The predicted octanol–water partition coefficient (Wildman–Crippen LogP) is 1.15. The lowest BCUT2D eigenvalue weighted by molar-refractivity contribution is -0.137. The minimum Gasteiger partial charge on any atom is -0.481 e. The van der Waals surface area contributed by atoms with Crippen molar-refractivity contribution in [3.8, 4) is 12.3 Å². The number of urea groups is 1. The average molecular weight is 240 g/mol. The van der Waals surface area contributed by atoms with Crippen LogP contribution in [0.5, 0.6) is 0 Å². The molecule has 0 radical (unpaired) electrons. The zero-order valence-corrected chi connectivity index (χ0v) is 10.4. The Morgan fingerprint density at radius 3 is 2.65 bits per heavy atom. The van der Waals surface area contributed by atoms with E-state index in [9.17, 15) is 9.59 Å². The van der Waals surface area contributed by atoms with Crippen LogP contribution in [0, 0.1) is 18.3 Å². The molecule has 0 aliphatic heterocycles. The molecule has 5 heteroatoms. The van der Waals surface area contributed by atoms with E-state index >= 15 is 0 Å². The van der Waals surface area contributed by atoms with Crippen molar-refractivity contribution in [2.24, 2.45) is 5.92 Å². The van der Waals surface area contributed by atoms with E-state index in [0.717, 1.165) is 6.42 Å². The number of carbonyl (C=O) groups excluding carboxylic acids is 1. The Hall–Kier alpha value is -1.70. The maximum absolute atomic E-state index is 11.7. The highest BCUT2D eigenvalue weighted by atomic mass is 16.4. The summed E-state index contributed by atoms with van der Waals surface area (Å²) in [4.78, 5) is 23.7. The number of nitrogens with one attached hydrogen (secondary N) is 1. The molecule has 1 atom stereocenters. The molecule has 17 heavy (non-hydrogen) atoms. The summed E-state index contributed by atoms with van der Waals surface area (Å²) in [5, 5.41) is 11.3. The molecule has 2 amide bonds. The Morgan fingerprint density at radius 2 is 2.18 bits per heavy atom. The Balaban J connectivity index is 4.05. The first-order valence-corrected chi connectivity index (χ1v) is 5.69. The Bertz CT molecular complexity index is 297. The van der Waals surface area contributed by atoms with Crippen LogP contribution in [0.25, 0.3) is 0 Å². The molecule has 1 unspecified atom stereocenters. The molecule has 0 aromatic carbocycles. The molecular formula is C12H20N2O3. The van der Waals surface area contributed by atoms with Crippen molar-refractivity contribution in [2.45, 2.75) is 26.7 Å². The summed E-state index contributed by atoms with van der Waals surface area (Å²) in [5.74, 6) is 1.47. The molecule has 0 aliphatic rings.